The Labute approximate surface area is 155 Å². The van der Waals surface area contributed by atoms with Gasteiger partial charge in [-0.15, -0.1) is 11.3 Å². The molecule has 1 atom stereocenters. The van der Waals surface area contributed by atoms with Gasteiger partial charge in [0, 0.05) is 23.9 Å². The molecule has 25 heavy (non-hydrogen) atoms. The fraction of sp³-hybridized carbons (Fsp3) is 0.700. The Morgan fingerprint density at radius 3 is 2.72 bits per heavy atom. The number of amides is 2. The Bertz CT molecular complexity index is 552. The highest BCUT2D eigenvalue weighted by atomic mass is 32.1. The Hall–Kier alpha value is -1.36. The van der Waals surface area contributed by atoms with Crippen molar-refractivity contribution < 1.29 is 9.59 Å². The minimum atomic E-state index is -0.230. The van der Waals surface area contributed by atoms with Crippen LogP contribution >= 0.6 is 11.3 Å². The van der Waals surface area contributed by atoms with Crippen molar-refractivity contribution >= 4 is 23.2 Å². The number of rotatable bonds is 7. The largest absolute Gasteiger partial charge is 0.352 e. The van der Waals surface area contributed by atoms with Crippen molar-refractivity contribution in [1.29, 1.82) is 0 Å². The normalized spacial score (nSPS) is 21.4. The van der Waals surface area contributed by atoms with Crippen molar-refractivity contribution in [3.05, 3.63) is 22.4 Å². The Morgan fingerprint density at radius 1 is 1.12 bits per heavy atom. The molecule has 1 saturated carbocycles. The minimum absolute atomic E-state index is 0.0799. The Balaban J connectivity index is 1.41. The second-order valence-electron chi connectivity index (χ2n) is 7.38. The number of likely N-dealkylation sites (tertiary alicyclic amines) is 1. The number of thiophene rings is 1. The zero-order valence-corrected chi connectivity index (χ0v) is 15.9. The lowest BCUT2D eigenvalue weighted by Gasteiger charge is -2.28. The van der Waals surface area contributed by atoms with Gasteiger partial charge in [0.25, 0.3) is 0 Å². The van der Waals surface area contributed by atoms with E-state index in [4.69, 9.17) is 0 Å². The van der Waals surface area contributed by atoms with Crippen LogP contribution in [0.2, 0.25) is 0 Å². The predicted octanol–water partition coefficient (Wildman–Crippen LogP) is 3.90. The molecule has 1 saturated heterocycles. The monoisotopic (exact) mass is 362 g/mol. The molecule has 1 aliphatic heterocycles. The quantitative estimate of drug-likeness (QED) is 0.748. The van der Waals surface area contributed by atoms with Gasteiger partial charge in [0.2, 0.25) is 11.8 Å². The van der Waals surface area contributed by atoms with Gasteiger partial charge in [0.15, 0.2) is 0 Å². The first-order chi connectivity index (χ1) is 12.2. The third kappa shape index (κ3) is 5.30. The van der Waals surface area contributed by atoms with Crippen LogP contribution in [0.25, 0.3) is 0 Å². The second kappa shape index (κ2) is 9.37. The van der Waals surface area contributed by atoms with Gasteiger partial charge in [-0.1, -0.05) is 25.3 Å². The lowest BCUT2D eigenvalue weighted by atomic mass is 9.95. The van der Waals surface area contributed by atoms with Gasteiger partial charge in [-0.25, -0.2) is 0 Å². The summed E-state index contributed by atoms with van der Waals surface area (Å²) in [4.78, 5) is 28.4. The van der Waals surface area contributed by atoms with Crippen LogP contribution in [0.3, 0.4) is 0 Å². The average molecular weight is 363 g/mol. The van der Waals surface area contributed by atoms with E-state index in [0.29, 0.717) is 12.5 Å². The van der Waals surface area contributed by atoms with Crippen molar-refractivity contribution in [3.8, 4) is 0 Å². The van der Waals surface area contributed by atoms with Gasteiger partial charge in [0.05, 0.1) is 0 Å². The van der Waals surface area contributed by atoms with Crippen LogP contribution in [0.5, 0.6) is 0 Å². The molecule has 2 heterocycles. The molecule has 2 fully saturated rings. The van der Waals surface area contributed by atoms with Crippen LogP contribution in [0, 0.1) is 0 Å². The maximum absolute atomic E-state index is 12.6. The summed E-state index contributed by atoms with van der Waals surface area (Å²) < 4.78 is 0. The molecule has 5 heteroatoms. The molecule has 0 aromatic carbocycles. The lowest BCUT2D eigenvalue weighted by molar-refractivity contribution is -0.138. The summed E-state index contributed by atoms with van der Waals surface area (Å²) in [7, 11) is 0. The molecule has 1 aliphatic carbocycles. The number of nitrogens with zero attached hydrogens (tertiary/aromatic N) is 1. The summed E-state index contributed by atoms with van der Waals surface area (Å²) in [5, 5.41) is 5.30. The fourth-order valence-corrected chi connectivity index (χ4v) is 4.81. The molecule has 1 aromatic heterocycles. The standard InChI is InChI=1S/C20H30N2O2S/c23-19(13-5-4-10-17-11-7-15-25-17)22-14-6-12-18(22)20(24)21-16-8-2-1-3-9-16/h7,11,15-16,18H,1-6,8-10,12-14H2,(H,21,24)/t18-/m1/s1. The first-order valence-electron chi connectivity index (χ1n) is 9.86. The highest BCUT2D eigenvalue weighted by Gasteiger charge is 2.34. The molecule has 0 bridgehead atoms. The summed E-state index contributed by atoms with van der Waals surface area (Å²) >= 11 is 1.78. The van der Waals surface area contributed by atoms with E-state index in [1.165, 1.54) is 24.1 Å². The van der Waals surface area contributed by atoms with Gasteiger partial charge < -0.3 is 10.2 Å². The first kappa shape index (κ1) is 18.4. The summed E-state index contributed by atoms with van der Waals surface area (Å²) in [6.45, 7) is 0.743. The van der Waals surface area contributed by atoms with Crippen molar-refractivity contribution in [1.82, 2.24) is 10.2 Å². The molecular formula is C20H30N2O2S. The second-order valence-corrected chi connectivity index (χ2v) is 8.41. The molecular weight excluding hydrogens is 332 g/mol. The molecule has 4 nitrogen and oxygen atoms in total. The minimum Gasteiger partial charge on any atom is -0.352 e. The van der Waals surface area contributed by atoms with Gasteiger partial charge >= 0.3 is 0 Å². The summed E-state index contributed by atoms with van der Waals surface area (Å²) in [6, 6.07) is 4.32. The molecule has 138 valence electrons. The molecule has 2 amide bonds. The van der Waals surface area contributed by atoms with Crippen LogP contribution < -0.4 is 5.32 Å². The number of aryl methyl sites for hydroxylation is 1. The smallest absolute Gasteiger partial charge is 0.243 e. The van der Waals surface area contributed by atoms with Crippen LogP contribution in [0.4, 0.5) is 0 Å². The summed E-state index contributed by atoms with van der Waals surface area (Å²) in [6.07, 6.45) is 11.2. The number of carbonyl (C=O) groups is 2. The molecule has 1 N–H and O–H groups in total. The van der Waals surface area contributed by atoms with E-state index >= 15 is 0 Å². The zero-order chi connectivity index (χ0) is 17.5. The predicted molar refractivity (Wildman–Crippen MR) is 102 cm³/mol. The molecule has 0 radical (unpaired) electrons. The third-order valence-corrected chi connectivity index (χ3v) is 6.41. The number of hydrogen-bond acceptors (Lipinski definition) is 3. The maximum Gasteiger partial charge on any atom is 0.243 e. The van der Waals surface area contributed by atoms with E-state index < -0.39 is 0 Å². The summed E-state index contributed by atoms with van der Waals surface area (Å²) in [5.74, 6) is 0.240. The van der Waals surface area contributed by atoms with Crippen molar-refractivity contribution in [2.45, 2.75) is 82.7 Å². The molecule has 3 rings (SSSR count). The number of nitrogens with one attached hydrogen (secondary N) is 1. The Kier molecular flexibility index (Phi) is 6.91. The van der Waals surface area contributed by atoms with Crippen molar-refractivity contribution in [2.75, 3.05) is 6.54 Å². The highest BCUT2D eigenvalue weighted by molar-refractivity contribution is 7.09. The fourth-order valence-electron chi connectivity index (χ4n) is 4.06. The summed E-state index contributed by atoms with van der Waals surface area (Å²) in [5.41, 5.74) is 0. The van der Waals surface area contributed by atoms with E-state index in [1.54, 1.807) is 11.3 Å². The zero-order valence-electron chi connectivity index (χ0n) is 15.0. The highest BCUT2D eigenvalue weighted by Crippen LogP contribution is 2.22. The van der Waals surface area contributed by atoms with Crippen LogP contribution in [0.1, 0.15) is 69.1 Å². The molecule has 0 unspecified atom stereocenters. The van der Waals surface area contributed by atoms with E-state index in [0.717, 1.165) is 51.5 Å². The third-order valence-electron chi connectivity index (χ3n) is 5.47. The van der Waals surface area contributed by atoms with Crippen LogP contribution in [0.15, 0.2) is 17.5 Å². The number of unbranched alkanes of at least 4 members (excludes halogenated alkanes) is 1. The first-order valence-corrected chi connectivity index (χ1v) is 10.7. The SMILES string of the molecule is O=C(NC1CCCCC1)[C@H]1CCCN1C(=O)CCCCc1cccs1. The number of hydrogen-bond donors (Lipinski definition) is 1. The lowest BCUT2D eigenvalue weighted by Crippen LogP contribution is -2.49. The van der Waals surface area contributed by atoms with Gasteiger partial charge in [-0.3, -0.25) is 9.59 Å². The molecule has 2 aliphatic rings. The van der Waals surface area contributed by atoms with Crippen molar-refractivity contribution in [2.24, 2.45) is 0 Å². The maximum atomic E-state index is 12.6. The van der Waals surface area contributed by atoms with E-state index in [9.17, 15) is 9.59 Å². The van der Waals surface area contributed by atoms with Crippen LogP contribution in [-0.4, -0.2) is 35.3 Å². The van der Waals surface area contributed by atoms with Crippen LogP contribution in [-0.2, 0) is 16.0 Å². The number of carbonyl (C=O) groups excluding carboxylic acids is 2. The molecule has 0 spiro atoms. The topological polar surface area (TPSA) is 49.4 Å². The average Bonchev–Trinajstić information content (AvgIpc) is 3.31. The van der Waals surface area contributed by atoms with Gasteiger partial charge in [-0.2, -0.15) is 0 Å². The van der Waals surface area contributed by atoms with Crippen molar-refractivity contribution in [3.63, 3.8) is 0 Å². The van der Waals surface area contributed by atoms with Gasteiger partial charge in [-0.05, 0) is 56.4 Å². The van der Waals surface area contributed by atoms with E-state index in [-0.39, 0.29) is 17.9 Å². The Morgan fingerprint density at radius 2 is 1.96 bits per heavy atom. The van der Waals surface area contributed by atoms with E-state index in [1.807, 2.05) is 4.90 Å². The van der Waals surface area contributed by atoms with E-state index in [2.05, 4.69) is 22.8 Å². The van der Waals surface area contributed by atoms with Gasteiger partial charge in [0.1, 0.15) is 6.04 Å². The molecule has 1 aromatic rings.